The number of carbonyl (C=O) groups excluding carboxylic acids is 1. The maximum atomic E-state index is 12.0. The van der Waals surface area contributed by atoms with Gasteiger partial charge >= 0.3 is 6.03 Å². The quantitative estimate of drug-likeness (QED) is 0.754. The molecule has 0 unspecified atom stereocenters. The molecular weight excluding hydrogens is 291 g/mol. The molecule has 0 aromatic heterocycles. The molecule has 0 heterocycles. The molecule has 1 aromatic carbocycles. The maximum absolute atomic E-state index is 12.0. The first kappa shape index (κ1) is 16.0. The van der Waals surface area contributed by atoms with Gasteiger partial charge in [-0.05, 0) is 18.6 Å². The predicted molar refractivity (Wildman–Crippen MR) is 75.8 cm³/mol. The van der Waals surface area contributed by atoms with Crippen molar-refractivity contribution in [3.8, 4) is 0 Å². The summed E-state index contributed by atoms with van der Waals surface area (Å²) in [5.74, 6) is 0. The number of hydrogen-bond acceptors (Lipinski definition) is 3. The van der Waals surface area contributed by atoms with E-state index in [4.69, 9.17) is 33.4 Å². The van der Waals surface area contributed by atoms with Crippen LogP contribution in [0.2, 0.25) is 10.0 Å². The SMILES string of the molecule is O=C(Nc1cccc(Cl)c1Cl)N(CCO)CCCO. The van der Waals surface area contributed by atoms with Crippen molar-refractivity contribution in [3.05, 3.63) is 28.2 Å². The van der Waals surface area contributed by atoms with Crippen LogP contribution in [-0.4, -0.2) is 47.4 Å². The van der Waals surface area contributed by atoms with Gasteiger partial charge in [0, 0.05) is 19.7 Å². The zero-order valence-corrected chi connectivity index (χ0v) is 11.8. The molecule has 7 heteroatoms. The highest BCUT2D eigenvalue weighted by Crippen LogP contribution is 2.29. The van der Waals surface area contributed by atoms with Crippen molar-refractivity contribution < 1.29 is 15.0 Å². The van der Waals surface area contributed by atoms with Gasteiger partial charge in [0.1, 0.15) is 0 Å². The lowest BCUT2D eigenvalue weighted by atomic mass is 10.3. The molecule has 5 nitrogen and oxygen atoms in total. The molecule has 106 valence electrons. The van der Waals surface area contributed by atoms with E-state index >= 15 is 0 Å². The predicted octanol–water partition coefficient (Wildman–Crippen LogP) is 2.20. The van der Waals surface area contributed by atoms with Crippen molar-refractivity contribution >= 4 is 34.9 Å². The lowest BCUT2D eigenvalue weighted by Gasteiger charge is -2.22. The van der Waals surface area contributed by atoms with Crippen molar-refractivity contribution in [2.75, 3.05) is 31.6 Å². The highest BCUT2D eigenvalue weighted by Gasteiger charge is 2.14. The van der Waals surface area contributed by atoms with E-state index in [9.17, 15) is 4.79 Å². The lowest BCUT2D eigenvalue weighted by molar-refractivity contribution is 0.180. The molecule has 0 aliphatic rings. The van der Waals surface area contributed by atoms with Crippen LogP contribution >= 0.6 is 23.2 Å². The van der Waals surface area contributed by atoms with Gasteiger partial charge in [-0.1, -0.05) is 29.3 Å². The minimum absolute atomic E-state index is 0.0207. The number of benzene rings is 1. The number of urea groups is 1. The topological polar surface area (TPSA) is 72.8 Å². The normalized spacial score (nSPS) is 10.3. The minimum Gasteiger partial charge on any atom is -0.396 e. The van der Waals surface area contributed by atoms with Gasteiger partial charge in [-0.3, -0.25) is 0 Å². The Morgan fingerprint density at radius 3 is 2.58 bits per heavy atom. The molecule has 1 rings (SSSR count). The molecule has 0 aliphatic heterocycles. The smallest absolute Gasteiger partial charge is 0.321 e. The third kappa shape index (κ3) is 4.87. The van der Waals surface area contributed by atoms with E-state index in [1.165, 1.54) is 4.90 Å². The number of aliphatic hydroxyl groups is 2. The van der Waals surface area contributed by atoms with Crippen LogP contribution in [0, 0.1) is 0 Å². The van der Waals surface area contributed by atoms with E-state index in [-0.39, 0.29) is 24.8 Å². The van der Waals surface area contributed by atoms with E-state index < -0.39 is 6.03 Å². The summed E-state index contributed by atoms with van der Waals surface area (Å²) in [6.07, 6.45) is 0.441. The van der Waals surface area contributed by atoms with E-state index in [1.54, 1.807) is 18.2 Å². The van der Waals surface area contributed by atoms with Crippen LogP contribution < -0.4 is 5.32 Å². The largest absolute Gasteiger partial charge is 0.396 e. The van der Waals surface area contributed by atoms with Gasteiger partial charge in [-0.15, -0.1) is 0 Å². The first-order valence-electron chi connectivity index (χ1n) is 5.81. The van der Waals surface area contributed by atoms with Crippen molar-refractivity contribution in [1.29, 1.82) is 0 Å². The summed E-state index contributed by atoms with van der Waals surface area (Å²) < 4.78 is 0. The lowest BCUT2D eigenvalue weighted by Crippen LogP contribution is -2.38. The van der Waals surface area contributed by atoms with Gasteiger partial charge in [0.05, 0.1) is 22.3 Å². The third-order valence-electron chi connectivity index (χ3n) is 2.44. The van der Waals surface area contributed by atoms with E-state index in [0.29, 0.717) is 23.7 Å². The molecule has 0 saturated heterocycles. The van der Waals surface area contributed by atoms with Crippen molar-refractivity contribution in [1.82, 2.24) is 4.90 Å². The monoisotopic (exact) mass is 306 g/mol. The fourth-order valence-electron chi connectivity index (χ4n) is 1.49. The van der Waals surface area contributed by atoms with E-state index in [1.807, 2.05) is 0 Å². The molecule has 0 spiro atoms. The number of nitrogens with zero attached hydrogens (tertiary/aromatic N) is 1. The van der Waals surface area contributed by atoms with Crippen molar-refractivity contribution in [2.45, 2.75) is 6.42 Å². The number of halogens is 2. The van der Waals surface area contributed by atoms with Crippen LogP contribution in [0.4, 0.5) is 10.5 Å². The number of anilines is 1. The second-order valence-electron chi connectivity index (χ2n) is 3.82. The number of hydrogen-bond donors (Lipinski definition) is 3. The highest BCUT2D eigenvalue weighted by atomic mass is 35.5. The fraction of sp³-hybridized carbons (Fsp3) is 0.417. The van der Waals surface area contributed by atoms with Gasteiger partial charge in [-0.25, -0.2) is 4.79 Å². The first-order valence-corrected chi connectivity index (χ1v) is 6.57. The van der Waals surface area contributed by atoms with Crippen molar-refractivity contribution in [3.63, 3.8) is 0 Å². The van der Waals surface area contributed by atoms with Crippen LogP contribution in [0.3, 0.4) is 0 Å². The van der Waals surface area contributed by atoms with Gasteiger partial charge in [0.25, 0.3) is 0 Å². The Bertz CT molecular complexity index is 429. The Hall–Kier alpha value is -1.01. The minimum atomic E-state index is -0.397. The molecular formula is C12H16Cl2N2O3. The van der Waals surface area contributed by atoms with Crippen LogP contribution in [0.15, 0.2) is 18.2 Å². The number of amides is 2. The molecule has 0 fully saturated rings. The van der Waals surface area contributed by atoms with Crippen LogP contribution in [0.5, 0.6) is 0 Å². The van der Waals surface area contributed by atoms with E-state index in [2.05, 4.69) is 5.32 Å². The van der Waals surface area contributed by atoms with Gasteiger partial charge in [-0.2, -0.15) is 0 Å². The molecule has 0 aliphatic carbocycles. The zero-order chi connectivity index (χ0) is 14.3. The number of nitrogens with one attached hydrogen (secondary N) is 1. The fourth-order valence-corrected chi connectivity index (χ4v) is 1.84. The molecule has 19 heavy (non-hydrogen) atoms. The maximum Gasteiger partial charge on any atom is 0.321 e. The van der Waals surface area contributed by atoms with Gasteiger partial charge in [0.15, 0.2) is 0 Å². The summed E-state index contributed by atoms with van der Waals surface area (Å²) in [4.78, 5) is 13.4. The van der Waals surface area contributed by atoms with E-state index in [0.717, 1.165) is 0 Å². The molecule has 3 N–H and O–H groups in total. The molecule has 2 amide bonds. The summed E-state index contributed by atoms with van der Waals surface area (Å²) >= 11 is 11.8. The Balaban J connectivity index is 2.72. The van der Waals surface area contributed by atoms with Crippen molar-refractivity contribution in [2.24, 2.45) is 0 Å². The standard InChI is InChI=1S/C12H16Cl2N2O3/c13-9-3-1-4-10(11(9)14)15-12(19)16(6-8-18)5-2-7-17/h1,3-4,17-18H,2,5-8H2,(H,15,19). The van der Waals surface area contributed by atoms with Crippen LogP contribution in [-0.2, 0) is 0 Å². The van der Waals surface area contributed by atoms with Gasteiger partial charge in [0.2, 0.25) is 0 Å². The zero-order valence-electron chi connectivity index (χ0n) is 10.3. The second-order valence-corrected chi connectivity index (χ2v) is 4.60. The Labute approximate surface area is 121 Å². The Morgan fingerprint density at radius 1 is 1.21 bits per heavy atom. The average Bonchev–Trinajstić information content (AvgIpc) is 2.39. The Morgan fingerprint density at radius 2 is 1.95 bits per heavy atom. The van der Waals surface area contributed by atoms with Crippen LogP contribution in [0.1, 0.15) is 6.42 Å². The highest BCUT2D eigenvalue weighted by molar-refractivity contribution is 6.43. The summed E-state index contributed by atoms with van der Waals surface area (Å²) in [5.41, 5.74) is 0.408. The molecule has 0 saturated carbocycles. The summed E-state index contributed by atoms with van der Waals surface area (Å²) in [5, 5.41) is 20.9. The van der Waals surface area contributed by atoms with Gasteiger partial charge < -0.3 is 20.4 Å². The number of carbonyl (C=O) groups is 1. The molecule has 0 bridgehead atoms. The second kappa shape index (κ2) is 8.22. The summed E-state index contributed by atoms with van der Waals surface area (Å²) in [6, 6.07) is 4.53. The molecule has 1 aromatic rings. The summed E-state index contributed by atoms with van der Waals surface area (Å²) in [7, 11) is 0. The molecule has 0 atom stereocenters. The summed E-state index contributed by atoms with van der Waals surface area (Å²) in [6.45, 7) is 0.361. The van der Waals surface area contributed by atoms with Crippen LogP contribution in [0.25, 0.3) is 0 Å². The first-order chi connectivity index (χ1) is 9.10. The average molecular weight is 307 g/mol. The number of aliphatic hydroxyl groups excluding tert-OH is 2. The molecule has 0 radical (unpaired) electrons. The third-order valence-corrected chi connectivity index (χ3v) is 3.26. The number of rotatable bonds is 6. The Kier molecular flexibility index (Phi) is 6.94.